The number of hydrogen-bond donors (Lipinski definition) is 0. The topological polar surface area (TPSA) is 85.9 Å². The highest BCUT2D eigenvalue weighted by Gasteiger charge is 2.15. The Bertz CT molecular complexity index is 879. The van der Waals surface area contributed by atoms with E-state index in [2.05, 4.69) is 15.1 Å². The van der Waals surface area contributed by atoms with Gasteiger partial charge in [-0.05, 0) is 18.2 Å². The molecule has 0 radical (unpaired) electrons. The fourth-order valence-corrected chi connectivity index (χ4v) is 2.94. The van der Waals surface area contributed by atoms with Crippen LogP contribution in [0.25, 0.3) is 10.6 Å². The summed E-state index contributed by atoms with van der Waals surface area (Å²) in [5.41, 5.74) is 1.85. The minimum atomic E-state index is 0.159. The molecule has 22 heavy (non-hydrogen) atoms. The van der Waals surface area contributed by atoms with Crippen LogP contribution in [-0.4, -0.2) is 26.5 Å². The highest BCUT2D eigenvalue weighted by atomic mass is 32.1. The predicted molar refractivity (Wildman–Crippen MR) is 77.5 cm³/mol. The normalized spacial score (nSPS) is 12.3. The summed E-state index contributed by atoms with van der Waals surface area (Å²) in [7, 11) is 0. The minimum Gasteiger partial charge on any atom is -0.454 e. The van der Waals surface area contributed by atoms with Gasteiger partial charge in [-0.15, -0.1) is 16.4 Å². The third kappa shape index (κ3) is 2.27. The average Bonchev–Trinajstić information content (AvgIpc) is 3.27. The molecule has 0 unspecified atom stereocenters. The Balaban J connectivity index is 1.57. The van der Waals surface area contributed by atoms with Crippen molar-refractivity contribution in [3.05, 3.63) is 41.4 Å². The molecule has 1 aliphatic heterocycles. The molecule has 4 rings (SSSR count). The molecule has 108 valence electrons. The summed E-state index contributed by atoms with van der Waals surface area (Å²) < 4.78 is 12.3. The number of nitriles is 1. The van der Waals surface area contributed by atoms with Crippen LogP contribution in [-0.2, 0) is 6.54 Å². The van der Waals surface area contributed by atoms with Gasteiger partial charge < -0.3 is 9.47 Å². The number of benzene rings is 1. The number of rotatable bonds is 3. The molecule has 0 saturated carbocycles. The Morgan fingerprint density at radius 1 is 1.32 bits per heavy atom. The molecule has 2 aromatic heterocycles. The molecular weight excluding hydrogens is 302 g/mol. The van der Waals surface area contributed by atoms with Crippen LogP contribution in [0.5, 0.6) is 11.5 Å². The number of nitrogens with zero attached hydrogens (tertiary/aromatic N) is 5. The van der Waals surface area contributed by atoms with E-state index in [1.807, 2.05) is 29.6 Å². The highest BCUT2D eigenvalue weighted by molar-refractivity contribution is 7.13. The van der Waals surface area contributed by atoms with Gasteiger partial charge in [-0.25, -0.2) is 14.6 Å². The molecule has 1 aromatic carbocycles. The smallest absolute Gasteiger partial charge is 0.252 e. The summed E-state index contributed by atoms with van der Waals surface area (Å²) in [6, 6.07) is 7.67. The van der Waals surface area contributed by atoms with Crippen molar-refractivity contribution in [3.63, 3.8) is 0 Å². The molecular formula is C14H9N5O2S. The van der Waals surface area contributed by atoms with Gasteiger partial charge in [-0.1, -0.05) is 0 Å². The lowest BCUT2D eigenvalue weighted by atomic mass is 10.2. The van der Waals surface area contributed by atoms with Crippen molar-refractivity contribution < 1.29 is 9.47 Å². The van der Waals surface area contributed by atoms with E-state index in [0.717, 1.165) is 27.8 Å². The summed E-state index contributed by atoms with van der Waals surface area (Å²) in [5, 5.41) is 15.6. The van der Waals surface area contributed by atoms with Crippen molar-refractivity contribution in [1.82, 2.24) is 19.7 Å². The molecule has 0 aliphatic carbocycles. The number of fused-ring (bicyclic) bond motifs is 1. The predicted octanol–water partition coefficient (Wildman–Crippen LogP) is 2.05. The molecule has 0 fully saturated rings. The molecule has 0 spiro atoms. The molecule has 0 amide bonds. The second-order valence-electron chi connectivity index (χ2n) is 4.59. The molecule has 0 atom stereocenters. The molecule has 7 nitrogen and oxygen atoms in total. The molecule has 0 N–H and O–H groups in total. The molecule has 3 heterocycles. The van der Waals surface area contributed by atoms with E-state index in [1.54, 1.807) is 16.0 Å². The lowest BCUT2D eigenvalue weighted by Crippen LogP contribution is -2.00. The molecule has 0 saturated heterocycles. The Labute approximate surface area is 129 Å². The zero-order valence-electron chi connectivity index (χ0n) is 11.3. The van der Waals surface area contributed by atoms with E-state index in [1.165, 1.54) is 6.33 Å². The van der Waals surface area contributed by atoms with Gasteiger partial charge in [0, 0.05) is 10.9 Å². The Kier molecular flexibility index (Phi) is 2.98. The number of hydrogen-bond acceptors (Lipinski definition) is 7. The zero-order chi connectivity index (χ0) is 14.9. The van der Waals surface area contributed by atoms with Crippen molar-refractivity contribution in [2.75, 3.05) is 6.79 Å². The third-order valence-electron chi connectivity index (χ3n) is 3.13. The molecule has 1 aliphatic rings. The fraction of sp³-hybridized carbons (Fsp3) is 0.143. The number of ether oxygens (including phenoxy) is 2. The largest absolute Gasteiger partial charge is 0.454 e. The number of thiazole rings is 1. The zero-order valence-corrected chi connectivity index (χ0v) is 12.1. The SMILES string of the molecule is N#Cc1ncn(Cc2csc(-c3ccc4c(c3)OCO4)n2)n1. The van der Waals surface area contributed by atoms with Crippen molar-refractivity contribution in [2.24, 2.45) is 0 Å². The van der Waals surface area contributed by atoms with Gasteiger partial charge in [0.25, 0.3) is 5.82 Å². The first-order chi connectivity index (χ1) is 10.8. The lowest BCUT2D eigenvalue weighted by molar-refractivity contribution is 0.174. The second-order valence-corrected chi connectivity index (χ2v) is 5.45. The minimum absolute atomic E-state index is 0.159. The molecule has 3 aromatic rings. The third-order valence-corrected chi connectivity index (χ3v) is 4.07. The molecule has 0 bridgehead atoms. The van der Waals surface area contributed by atoms with Crippen LogP contribution in [0.4, 0.5) is 0 Å². The maximum atomic E-state index is 8.72. The maximum absolute atomic E-state index is 8.72. The standard InChI is InChI=1S/C14H9N5O2S/c15-4-13-16-7-19(18-13)5-10-6-22-14(17-10)9-1-2-11-12(3-9)21-8-20-11/h1-3,6-7H,5,8H2. The Morgan fingerprint density at radius 2 is 2.23 bits per heavy atom. The second kappa shape index (κ2) is 5.13. The van der Waals surface area contributed by atoms with Crippen molar-refractivity contribution in [3.8, 4) is 28.1 Å². The van der Waals surface area contributed by atoms with E-state index < -0.39 is 0 Å². The van der Waals surface area contributed by atoms with Gasteiger partial charge in [-0.2, -0.15) is 5.26 Å². The molecule has 8 heteroatoms. The van der Waals surface area contributed by atoms with E-state index in [4.69, 9.17) is 14.7 Å². The van der Waals surface area contributed by atoms with Gasteiger partial charge in [0.2, 0.25) is 6.79 Å². The van der Waals surface area contributed by atoms with E-state index in [-0.39, 0.29) is 12.6 Å². The Hall–Kier alpha value is -2.92. The van der Waals surface area contributed by atoms with Gasteiger partial charge in [0.1, 0.15) is 17.4 Å². The van der Waals surface area contributed by atoms with Crippen molar-refractivity contribution in [1.29, 1.82) is 5.26 Å². The van der Waals surface area contributed by atoms with Crippen LogP contribution in [0.3, 0.4) is 0 Å². The van der Waals surface area contributed by atoms with Crippen LogP contribution in [0.15, 0.2) is 29.9 Å². The average molecular weight is 311 g/mol. The van der Waals surface area contributed by atoms with Crippen molar-refractivity contribution in [2.45, 2.75) is 6.54 Å². The first kappa shape index (κ1) is 12.8. The Morgan fingerprint density at radius 3 is 3.09 bits per heavy atom. The van der Waals surface area contributed by atoms with Crippen LogP contribution in [0, 0.1) is 11.3 Å². The summed E-state index contributed by atoms with van der Waals surface area (Å²) in [6.07, 6.45) is 1.53. The lowest BCUT2D eigenvalue weighted by Gasteiger charge is -1.99. The van der Waals surface area contributed by atoms with E-state index in [9.17, 15) is 0 Å². The summed E-state index contributed by atoms with van der Waals surface area (Å²) in [4.78, 5) is 8.46. The highest BCUT2D eigenvalue weighted by Crippen LogP contribution is 2.36. The van der Waals surface area contributed by atoms with Gasteiger partial charge in [0.15, 0.2) is 11.5 Å². The van der Waals surface area contributed by atoms with Crippen LogP contribution >= 0.6 is 11.3 Å². The first-order valence-corrected chi connectivity index (χ1v) is 7.34. The van der Waals surface area contributed by atoms with Gasteiger partial charge in [-0.3, -0.25) is 0 Å². The fourth-order valence-electron chi connectivity index (χ4n) is 2.13. The van der Waals surface area contributed by atoms with Crippen LogP contribution in [0.1, 0.15) is 11.5 Å². The van der Waals surface area contributed by atoms with Crippen LogP contribution < -0.4 is 9.47 Å². The van der Waals surface area contributed by atoms with Gasteiger partial charge >= 0.3 is 0 Å². The van der Waals surface area contributed by atoms with E-state index >= 15 is 0 Å². The summed E-state index contributed by atoms with van der Waals surface area (Å²) in [5.74, 6) is 1.66. The summed E-state index contributed by atoms with van der Waals surface area (Å²) in [6.45, 7) is 0.741. The first-order valence-electron chi connectivity index (χ1n) is 6.46. The maximum Gasteiger partial charge on any atom is 0.252 e. The number of aromatic nitrogens is 4. The quantitative estimate of drug-likeness (QED) is 0.736. The van der Waals surface area contributed by atoms with Crippen LogP contribution in [0.2, 0.25) is 0 Å². The van der Waals surface area contributed by atoms with Crippen molar-refractivity contribution >= 4 is 11.3 Å². The van der Waals surface area contributed by atoms with E-state index in [0.29, 0.717) is 6.54 Å². The summed E-state index contributed by atoms with van der Waals surface area (Å²) >= 11 is 1.55. The monoisotopic (exact) mass is 311 g/mol. The van der Waals surface area contributed by atoms with Gasteiger partial charge in [0.05, 0.1) is 12.2 Å².